The number of aromatic nitrogens is 3. The van der Waals surface area contributed by atoms with Gasteiger partial charge in [0.05, 0.1) is 18.5 Å². The van der Waals surface area contributed by atoms with Crippen LogP contribution in [0.15, 0.2) is 42.6 Å². The standard InChI is InChI=1S/C22H28N4O2/c1-16-21(17(2)26(3)25-16)10-12-23-14-18-13-20(27-4)8-9-22(18)28-15-19-7-5-6-11-24-19/h5-9,11,13,23H,10,12,14-15H2,1-4H3. The third kappa shape index (κ3) is 4.89. The van der Waals surface area contributed by atoms with Gasteiger partial charge in [-0.3, -0.25) is 9.67 Å². The molecule has 0 aliphatic carbocycles. The summed E-state index contributed by atoms with van der Waals surface area (Å²) in [7, 11) is 3.66. The average Bonchev–Trinajstić information content (AvgIpc) is 2.96. The maximum Gasteiger partial charge on any atom is 0.130 e. The summed E-state index contributed by atoms with van der Waals surface area (Å²) < 4.78 is 13.3. The normalized spacial score (nSPS) is 10.9. The van der Waals surface area contributed by atoms with Crippen molar-refractivity contribution in [1.82, 2.24) is 20.1 Å². The van der Waals surface area contributed by atoms with Gasteiger partial charge in [-0.05, 0) is 62.7 Å². The van der Waals surface area contributed by atoms with Gasteiger partial charge < -0.3 is 14.8 Å². The van der Waals surface area contributed by atoms with Crippen LogP contribution in [-0.2, 0) is 26.6 Å². The molecule has 2 aromatic heterocycles. The Morgan fingerprint density at radius 3 is 2.68 bits per heavy atom. The zero-order valence-electron chi connectivity index (χ0n) is 17.0. The van der Waals surface area contributed by atoms with Crippen molar-refractivity contribution in [2.75, 3.05) is 13.7 Å². The van der Waals surface area contributed by atoms with E-state index in [9.17, 15) is 0 Å². The second kappa shape index (κ2) is 9.37. The maximum atomic E-state index is 6.01. The lowest BCUT2D eigenvalue weighted by Gasteiger charge is -2.14. The Labute approximate surface area is 166 Å². The van der Waals surface area contributed by atoms with Crippen LogP contribution in [-0.4, -0.2) is 28.4 Å². The van der Waals surface area contributed by atoms with E-state index in [1.54, 1.807) is 13.3 Å². The van der Waals surface area contributed by atoms with Crippen molar-refractivity contribution >= 4 is 0 Å². The summed E-state index contributed by atoms with van der Waals surface area (Å²) in [5.41, 5.74) is 5.60. The molecule has 3 aromatic rings. The molecule has 0 aliphatic heterocycles. The van der Waals surface area contributed by atoms with Crippen LogP contribution < -0.4 is 14.8 Å². The molecular formula is C22H28N4O2. The number of aryl methyl sites for hydroxylation is 2. The molecule has 1 aromatic carbocycles. The molecule has 0 saturated heterocycles. The molecule has 0 spiro atoms. The van der Waals surface area contributed by atoms with Gasteiger partial charge in [-0.2, -0.15) is 5.10 Å². The Morgan fingerprint density at radius 1 is 1.14 bits per heavy atom. The van der Waals surface area contributed by atoms with Crippen molar-refractivity contribution in [2.24, 2.45) is 7.05 Å². The number of pyridine rings is 1. The summed E-state index contributed by atoms with van der Waals surface area (Å²) in [5.74, 6) is 1.66. The third-order valence-electron chi connectivity index (χ3n) is 4.90. The fourth-order valence-corrected chi connectivity index (χ4v) is 3.21. The Bertz CT molecular complexity index is 906. The number of rotatable bonds is 9. The number of ether oxygens (including phenoxy) is 2. The van der Waals surface area contributed by atoms with Crippen molar-refractivity contribution in [3.63, 3.8) is 0 Å². The predicted octanol–water partition coefficient (Wildman–Crippen LogP) is 3.35. The van der Waals surface area contributed by atoms with Crippen molar-refractivity contribution in [1.29, 1.82) is 0 Å². The Morgan fingerprint density at radius 2 is 2.00 bits per heavy atom. The fourth-order valence-electron chi connectivity index (χ4n) is 3.21. The fraction of sp³-hybridized carbons (Fsp3) is 0.364. The Balaban J connectivity index is 1.61. The number of nitrogens with zero attached hydrogens (tertiary/aromatic N) is 3. The zero-order valence-corrected chi connectivity index (χ0v) is 17.0. The highest BCUT2D eigenvalue weighted by molar-refractivity contribution is 5.40. The van der Waals surface area contributed by atoms with Gasteiger partial charge in [0, 0.05) is 31.0 Å². The third-order valence-corrected chi connectivity index (χ3v) is 4.90. The highest BCUT2D eigenvalue weighted by Gasteiger charge is 2.10. The molecule has 0 atom stereocenters. The first kappa shape index (κ1) is 19.9. The zero-order chi connectivity index (χ0) is 19.9. The van der Waals surface area contributed by atoms with Crippen molar-refractivity contribution in [3.8, 4) is 11.5 Å². The van der Waals surface area contributed by atoms with Crippen LogP contribution in [0.1, 0.15) is 28.2 Å². The smallest absolute Gasteiger partial charge is 0.130 e. The van der Waals surface area contributed by atoms with Crippen molar-refractivity contribution in [3.05, 3.63) is 70.8 Å². The summed E-state index contributed by atoms with van der Waals surface area (Å²) in [6.45, 7) is 6.18. The molecule has 2 heterocycles. The number of nitrogens with one attached hydrogen (secondary N) is 1. The van der Waals surface area contributed by atoms with Gasteiger partial charge in [0.2, 0.25) is 0 Å². The van der Waals surface area contributed by atoms with Crippen LogP contribution in [0, 0.1) is 13.8 Å². The predicted molar refractivity (Wildman–Crippen MR) is 110 cm³/mol. The van der Waals surface area contributed by atoms with Gasteiger partial charge in [0.1, 0.15) is 18.1 Å². The number of hydrogen-bond acceptors (Lipinski definition) is 5. The molecule has 0 aliphatic rings. The second-order valence-corrected chi connectivity index (χ2v) is 6.78. The van der Waals surface area contributed by atoms with E-state index < -0.39 is 0 Å². The Hall–Kier alpha value is -2.86. The molecule has 28 heavy (non-hydrogen) atoms. The largest absolute Gasteiger partial charge is 0.497 e. The molecular weight excluding hydrogens is 352 g/mol. The molecule has 3 rings (SSSR count). The van der Waals surface area contributed by atoms with Gasteiger partial charge in [-0.15, -0.1) is 0 Å². The van der Waals surface area contributed by atoms with E-state index in [4.69, 9.17) is 9.47 Å². The highest BCUT2D eigenvalue weighted by atomic mass is 16.5. The summed E-state index contributed by atoms with van der Waals surface area (Å²) in [5, 5.41) is 8.00. The quantitative estimate of drug-likeness (QED) is 0.577. The molecule has 6 nitrogen and oxygen atoms in total. The summed E-state index contributed by atoms with van der Waals surface area (Å²) in [6.07, 6.45) is 2.72. The van der Waals surface area contributed by atoms with Crippen LogP contribution in [0.5, 0.6) is 11.5 Å². The molecule has 0 fully saturated rings. The minimum Gasteiger partial charge on any atom is -0.497 e. The Kier molecular flexibility index (Phi) is 6.66. The van der Waals surface area contributed by atoms with E-state index >= 15 is 0 Å². The van der Waals surface area contributed by atoms with E-state index in [1.807, 2.05) is 48.1 Å². The van der Waals surface area contributed by atoms with Gasteiger partial charge >= 0.3 is 0 Å². The molecule has 148 valence electrons. The van der Waals surface area contributed by atoms with Crippen molar-refractivity contribution in [2.45, 2.75) is 33.4 Å². The van der Waals surface area contributed by atoms with E-state index in [0.717, 1.165) is 41.4 Å². The lowest BCUT2D eigenvalue weighted by molar-refractivity contribution is 0.296. The summed E-state index contributed by atoms with van der Waals surface area (Å²) >= 11 is 0. The maximum absolute atomic E-state index is 6.01. The average molecular weight is 380 g/mol. The molecule has 0 unspecified atom stereocenters. The first-order valence-electron chi connectivity index (χ1n) is 9.48. The number of hydrogen-bond donors (Lipinski definition) is 1. The number of methoxy groups -OCH3 is 1. The summed E-state index contributed by atoms with van der Waals surface area (Å²) in [6, 6.07) is 11.7. The van der Waals surface area contributed by atoms with Crippen LogP contribution in [0.4, 0.5) is 0 Å². The SMILES string of the molecule is COc1ccc(OCc2ccccn2)c(CNCCc2c(C)nn(C)c2C)c1. The first-order chi connectivity index (χ1) is 13.6. The van der Waals surface area contributed by atoms with Gasteiger partial charge in [-0.1, -0.05) is 6.07 Å². The van der Waals surface area contributed by atoms with Gasteiger partial charge in [-0.25, -0.2) is 0 Å². The van der Waals surface area contributed by atoms with Gasteiger partial charge in [0.25, 0.3) is 0 Å². The lowest BCUT2D eigenvalue weighted by atomic mass is 10.1. The molecule has 6 heteroatoms. The molecule has 0 amide bonds. The minimum atomic E-state index is 0.439. The topological polar surface area (TPSA) is 61.2 Å². The highest BCUT2D eigenvalue weighted by Crippen LogP contribution is 2.25. The van der Waals surface area contributed by atoms with Crippen LogP contribution in [0.3, 0.4) is 0 Å². The van der Waals surface area contributed by atoms with Crippen molar-refractivity contribution < 1.29 is 9.47 Å². The van der Waals surface area contributed by atoms with Gasteiger partial charge in [0.15, 0.2) is 0 Å². The minimum absolute atomic E-state index is 0.439. The number of benzene rings is 1. The van der Waals surface area contributed by atoms with Crippen LogP contribution >= 0.6 is 0 Å². The monoisotopic (exact) mass is 380 g/mol. The van der Waals surface area contributed by atoms with Crippen LogP contribution in [0.25, 0.3) is 0 Å². The van der Waals surface area contributed by atoms with Crippen LogP contribution in [0.2, 0.25) is 0 Å². The first-order valence-corrected chi connectivity index (χ1v) is 9.48. The van der Waals surface area contributed by atoms with E-state index in [1.165, 1.54) is 11.3 Å². The molecule has 0 radical (unpaired) electrons. The second-order valence-electron chi connectivity index (χ2n) is 6.78. The van der Waals surface area contributed by atoms with E-state index in [2.05, 4.69) is 29.2 Å². The summed E-state index contributed by atoms with van der Waals surface area (Å²) in [4.78, 5) is 4.31. The molecule has 1 N–H and O–H groups in total. The van der Waals surface area contributed by atoms with E-state index in [0.29, 0.717) is 13.2 Å². The molecule has 0 saturated carbocycles. The molecule has 0 bridgehead atoms. The lowest BCUT2D eigenvalue weighted by Crippen LogP contribution is -2.18. The van der Waals surface area contributed by atoms with E-state index in [-0.39, 0.29) is 0 Å².